The van der Waals surface area contributed by atoms with Gasteiger partial charge in [-0.15, -0.1) is 0 Å². The minimum atomic E-state index is -0.558. The molecule has 1 N–H and O–H groups in total. The van der Waals surface area contributed by atoms with E-state index in [-0.39, 0.29) is 11.8 Å². The van der Waals surface area contributed by atoms with Crippen molar-refractivity contribution in [2.75, 3.05) is 28.2 Å². The van der Waals surface area contributed by atoms with Crippen LogP contribution in [0, 0.1) is 0 Å². The van der Waals surface area contributed by atoms with E-state index in [1.54, 1.807) is 38.0 Å². The summed E-state index contributed by atoms with van der Waals surface area (Å²) >= 11 is 0. The Morgan fingerprint density at radius 3 is 2.06 bits per heavy atom. The first-order valence-corrected chi connectivity index (χ1v) is 10.6. The summed E-state index contributed by atoms with van der Waals surface area (Å²) < 4.78 is 0. The van der Waals surface area contributed by atoms with Gasteiger partial charge < -0.3 is 15.1 Å². The molecule has 0 aromatic heterocycles. The second-order valence-electron chi connectivity index (χ2n) is 8.11. The Morgan fingerprint density at radius 1 is 0.774 bits per heavy atom. The highest BCUT2D eigenvalue weighted by atomic mass is 16.2. The number of carbonyl (C=O) groups is 2. The van der Waals surface area contributed by atoms with Crippen molar-refractivity contribution >= 4 is 22.6 Å². The van der Waals surface area contributed by atoms with Gasteiger partial charge in [-0.25, -0.2) is 0 Å². The van der Waals surface area contributed by atoms with Gasteiger partial charge in [-0.2, -0.15) is 0 Å². The molecule has 0 aliphatic rings. The number of carbonyl (C=O) groups excluding carboxylic acids is 2. The molecular weight excluding hydrogens is 386 g/mol. The van der Waals surface area contributed by atoms with Crippen molar-refractivity contribution in [1.82, 2.24) is 15.1 Å². The molecule has 0 spiro atoms. The van der Waals surface area contributed by atoms with Crippen LogP contribution in [0.1, 0.15) is 11.1 Å². The molecule has 3 aromatic rings. The Kier molecular flexibility index (Phi) is 7.42. The van der Waals surface area contributed by atoms with Gasteiger partial charge in [0, 0.05) is 27.6 Å². The van der Waals surface area contributed by atoms with Crippen molar-refractivity contribution in [3.63, 3.8) is 0 Å². The Balaban J connectivity index is 1.80. The topological polar surface area (TPSA) is 52.7 Å². The first-order chi connectivity index (χ1) is 14.9. The quantitative estimate of drug-likeness (QED) is 0.613. The maximum absolute atomic E-state index is 13.4. The average Bonchev–Trinajstić information content (AvgIpc) is 2.80. The highest BCUT2D eigenvalue weighted by Gasteiger charge is 2.31. The second kappa shape index (κ2) is 10.2. The second-order valence-corrected chi connectivity index (χ2v) is 8.11. The van der Waals surface area contributed by atoms with E-state index in [2.05, 4.69) is 35.6 Å². The molecule has 5 heteroatoms. The van der Waals surface area contributed by atoms with Crippen LogP contribution < -0.4 is 5.32 Å². The molecule has 0 fully saturated rings. The maximum atomic E-state index is 13.4. The van der Waals surface area contributed by atoms with Gasteiger partial charge in [0.1, 0.15) is 6.04 Å². The number of hydrogen-bond acceptors (Lipinski definition) is 3. The third kappa shape index (κ3) is 5.50. The highest BCUT2D eigenvalue weighted by molar-refractivity contribution is 5.90. The maximum Gasteiger partial charge on any atom is 0.245 e. The van der Waals surface area contributed by atoms with Crippen LogP contribution in [0.4, 0.5) is 0 Å². The molecule has 0 aliphatic carbocycles. The van der Waals surface area contributed by atoms with E-state index in [4.69, 9.17) is 0 Å². The lowest BCUT2D eigenvalue weighted by Crippen LogP contribution is -2.54. The zero-order chi connectivity index (χ0) is 22.4. The fraction of sp³-hybridized carbons (Fsp3) is 0.308. The molecule has 2 amide bonds. The summed E-state index contributed by atoms with van der Waals surface area (Å²) in [6.45, 7) is 0. The smallest absolute Gasteiger partial charge is 0.245 e. The number of amides is 2. The number of hydrogen-bond donors (Lipinski definition) is 1. The molecule has 0 heterocycles. The third-order valence-corrected chi connectivity index (χ3v) is 5.71. The van der Waals surface area contributed by atoms with Crippen molar-refractivity contribution in [1.29, 1.82) is 0 Å². The van der Waals surface area contributed by atoms with E-state index in [0.717, 1.165) is 16.5 Å². The van der Waals surface area contributed by atoms with Crippen LogP contribution in [0.5, 0.6) is 0 Å². The van der Waals surface area contributed by atoms with E-state index >= 15 is 0 Å². The van der Waals surface area contributed by atoms with E-state index in [0.29, 0.717) is 12.8 Å². The molecule has 3 aromatic carbocycles. The molecule has 162 valence electrons. The summed E-state index contributed by atoms with van der Waals surface area (Å²) in [6.07, 6.45) is 1.03. The van der Waals surface area contributed by atoms with Crippen molar-refractivity contribution in [2.45, 2.75) is 24.9 Å². The van der Waals surface area contributed by atoms with Crippen LogP contribution in [-0.2, 0) is 22.4 Å². The number of benzene rings is 3. The minimum absolute atomic E-state index is 0.0831. The van der Waals surface area contributed by atoms with Crippen LogP contribution >= 0.6 is 0 Å². The summed E-state index contributed by atoms with van der Waals surface area (Å²) in [5, 5.41) is 5.48. The number of fused-ring (bicyclic) bond motifs is 1. The van der Waals surface area contributed by atoms with E-state index in [1.165, 1.54) is 5.39 Å². The zero-order valence-electron chi connectivity index (χ0n) is 18.7. The lowest BCUT2D eigenvalue weighted by atomic mass is 9.99. The largest absolute Gasteiger partial charge is 0.347 e. The van der Waals surface area contributed by atoms with Gasteiger partial charge in [0.05, 0.1) is 6.04 Å². The van der Waals surface area contributed by atoms with Gasteiger partial charge in [0.2, 0.25) is 11.8 Å². The van der Waals surface area contributed by atoms with Crippen molar-refractivity contribution in [2.24, 2.45) is 0 Å². The Bertz CT molecular complexity index is 1030. The van der Waals surface area contributed by atoms with Crippen LogP contribution in [0.2, 0.25) is 0 Å². The Hall–Kier alpha value is -3.18. The summed E-state index contributed by atoms with van der Waals surface area (Å²) in [4.78, 5) is 29.5. The summed E-state index contributed by atoms with van der Waals surface area (Å²) in [5.74, 6) is -0.174. The van der Waals surface area contributed by atoms with E-state index in [9.17, 15) is 9.59 Å². The van der Waals surface area contributed by atoms with Crippen LogP contribution in [0.3, 0.4) is 0 Å². The fourth-order valence-corrected chi connectivity index (χ4v) is 3.84. The molecule has 0 aliphatic heterocycles. The fourth-order valence-electron chi connectivity index (χ4n) is 3.84. The SMILES string of the molecule is CN[C@H](Cc1ccc2ccccc2c1)C(=O)N(C)[C@H](Cc1ccccc1)C(=O)N(C)C. The van der Waals surface area contributed by atoms with E-state index in [1.807, 2.05) is 42.5 Å². The first-order valence-electron chi connectivity index (χ1n) is 10.6. The predicted octanol–water partition coefficient (Wildman–Crippen LogP) is 3.13. The van der Waals surface area contributed by atoms with Crippen LogP contribution in [-0.4, -0.2) is 61.9 Å². The minimum Gasteiger partial charge on any atom is -0.347 e. The van der Waals surface area contributed by atoms with Crippen molar-refractivity contribution in [3.05, 3.63) is 83.9 Å². The van der Waals surface area contributed by atoms with Gasteiger partial charge in [0.15, 0.2) is 0 Å². The van der Waals surface area contributed by atoms with Crippen molar-refractivity contribution < 1.29 is 9.59 Å². The molecular formula is C26H31N3O2. The molecule has 0 bridgehead atoms. The molecule has 0 saturated carbocycles. The molecule has 5 nitrogen and oxygen atoms in total. The van der Waals surface area contributed by atoms with Crippen molar-refractivity contribution in [3.8, 4) is 0 Å². The predicted molar refractivity (Wildman–Crippen MR) is 126 cm³/mol. The van der Waals surface area contributed by atoms with Gasteiger partial charge in [0.25, 0.3) is 0 Å². The van der Waals surface area contributed by atoms with Gasteiger partial charge in [-0.1, -0.05) is 72.8 Å². The van der Waals surface area contributed by atoms with Gasteiger partial charge >= 0.3 is 0 Å². The molecule has 3 rings (SSSR count). The molecule has 0 unspecified atom stereocenters. The Morgan fingerprint density at radius 2 is 1.42 bits per heavy atom. The summed E-state index contributed by atoms with van der Waals surface area (Å²) in [7, 11) is 6.96. The highest BCUT2D eigenvalue weighted by Crippen LogP contribution is 2.18. The summed E-state index contributed by atoms with van der Waals surface area (Å²) in [5.41, 5.74) is 2.11. The standard InChI is InChI=1S/C26H31N3O2/c1-27-23(17-20-14-15-21-12-8-9-13-22(21)16-20)25(30)29(4)24(26(31)28(2)3)18-19-10-6-5-7-11-19/h5-16,23-24,27H,17-18H2,1-4H3/t23-,24-/m1/s1. The number of likely N-dealkylation sites (N-methyl/N-ethyl adjacent to an activating group) is 3. The lowest BCUT2D eigenvalue weighted by molar-refractivity contribution is -0.144. The lowest BCUT2D eigenvalue weighted by Gasteiger charge is -2.32. The first kappa shape index (κ1) is 22.5. The number of nitrogens with one attached hydrogen (secondary N) is 1. The number of rotatable bonds is 8. The number of nitrogens with zero attached hydrogens (tertiary/aromatic N) is 2. The molecule has 31 heavy (non-hydrogen) atoms. The van der Waals surface area contributed by atoms with Gasteiger partial charge in [-0.3, -0.25) is 9.59 Å². The molecule has 0 saturated heterocycles. The van der Waals surface area contributed by atoms with Gasteiger partial charge in [-0.05, 0) is 35.4 Å². The Labute approximate surface area is 184 Å². The van der Waals surface area contributed by atoms with Crippen LogP contribution in [0.15, 0.2) is 72.8 Å². The molecule has 0 radical (unpaired) electrons. The van der Waals surface area contributed by atoms with E-state index < -0.39 is 12.1 Å². The summed E-state index contributed by atoms with van der Waals surface area (Å²) in [6, 6.07) is 23.3. The molecule has 2 atom stereocenters. The average molecular weight is 418 g/mol. The normalized spacial score (nSPS) is 12.9. The third-order valence-electron chi connectivity index (χ3n) is 5.71. The zero-order valence-corrected chi connectivity index (χ0v) is 18.7. The van der Waals surface area contributed by atoms with Crippen LogP contribution in [0.25, 0.3) is 10.8 Å². The monoisotopic (exact) mass is 417 g/mol.